The molecule has 20 nitrogen and oxygen atoms in total. The molecule has 11 aromatic heterocycles. The van der Waals surface area contributed by atoms with E-state index in [4.69, 9.17) is 8.83 Å². The molecule has 0 saturated heterocycles. The van der Waals surface area contributed by atoms with Gasteiger partial charge in [-0.15, -0.1) is 22.7 Å². The van der Waals surface area contributed by atoms with Crippen LogP contribution in [0.25, 0.3) is 16.0 Å². The summed E-state index contributed by atoms with van der Waals surface area (Å²) in [6.45, 7) is 43.8. The average Bonchev–Trinajstić information content (AvgIpc) is 1.72. The van der Waals surface area contributed by atoms with Crippen molar-refractivity contribution >= 4 is 84.9 Å². The lowest BCUT2D eigenvalue weighted by Crippen LogP contribution is -2.18. The smallest absolute Gasteiger partial charge is 0.263 e. The molecule has 0 atom stereocenters. The number of para-hydroxylation sites is 1. The number of benzene rings is 2. The van der Waals surface area contributed by atoms with Crippen molar-refractivity contribution in [1.82, 2.24) is 49.3 Å². The number of pyridine rings is 5. The summed E-state index contributed by atoms with van der Waals surface area (Å²) in [6.07, 6.45) is 27.3. The van der Waals surface area contributed by atoms with Gasteiger partial charge in [-0.1, -0.05) is 207 Å². The van der Waals surface area contributed by atoms with Crippen LogP contribution in [-0.2, 0) is 16.0 Å². The van der Waals surface area contributed by atoms with Crippen LogP contribution in [0.1, 0.15) is 278 Å². The molecule has 121 heavy (non-hydrogen) atoms. The predicted octanol–water partition coefficient (Wildman–Crippen LogP) is 24.5. The predicted molar refractivity (Wildman–Crippen MR) is 489 cm³/mol. The zero-order valence-electron chi connectivity index (χ0n) is 74.5. The van der Waals surface area contributed by atoms with Gasteiger partial charge < -0.3 is 8.83 Å². The van der Waals surface area contributed by atoms with Crippen molar-refractivity contribution < 1.29 is 47.2 Å². The van der Waals surface area contributed by atoms with Gasteiger partial charge in [0.2, 0.25) is 11.6 Å². The molecule has 0 unspecified atom stereocenters. The van der Waals surface area contributed by atoms with Gasteiger partial charge in [-0.2, -0.15) is 0 Å². The molecule has 0 aliphatic heterocycles. The number of imidazole rings is 1. The number of Topliss-reactive ketones (excluding diaryl/α,β-unsaturated/α-hetero) is 8. The van der Waals surface area contributed by atoms with Crippen LogP contribution >= 0.6 is 22.7 Å². The molecule has 0 radical (unpaired) electrons. The highest BCUT2D eigenvalue weighted by atomic mass is 32.1. The van der Waals surface area contributed by atoms with Crippen molar-refractivity contribution in [2.75, 3.05) is 0 Å². The first-order chi connectivity index (χ1) is 57.5. The number of aromatic nitrogens is 10. The number of carbonyl (C=O) groups is 8. The highest BCUT2D eigenvalue weighted by molar-refractivity contribution is 7.18. The Balaban J connectivity index is 0.000000345. The standard InChI is InChI=1S/C12H15NO2.C10H11N3O.C10H11NS.C10H12O.C9H11NO.C9H13N.C9H10O3.2C8H11N.C8H10O2.C6H9NS/c1-9(2)11(14)5-6-12(15)10-4-3-7-13-8-10;1-7(2)9(14)8-6-13-5-3-4-11-10(13)12-8;1-7(2)10-11-8-5-3-4-6-9(8)12-10;1-8(2)10(11)9-6-4-3-5-7-9;1-7(2)9(11)8-4-3-5-10-6-8;1-8(2)6-9-4-3-5-10-7-9;1-6(2)8(10)9(11)7-4-3-5-12-7;1-7(2)8-3-5-9-6-4-8;1-7(2)8-5-3-4-6-9-8;1-6(2)8(9)7-4-3-5-10-7;1-5(2)6-7-3-4-8-6/h3-4,7-9H,5-6H2,1-2H3;3-7H,1-2H3;3-7H,1-2H3;3-8H,1-2H3;3-7H,1-2H3;3-5,7-8H,6H2,1-2H3;3-6H,1-2H3;2*3-7H,1-2H3;3-6H,1-2H3;3-5H,1-2H3. The van der Waals surface area contributed by atoms with Crippen molar-refractivity contribution in [2.45, 2.75) is 195 Å². The number of thiazole rings is 2. The molecule has 0 amide bonds. The third-order valence-electron chi connectivity index (χ3n) is 16.8. The second-order valence-electron chi connectivity index (χ2n) is 31.2. The topological polar surface area (TPSA) is 283 Å². The van der Waals surface area contributed by atoms with Crippen LogP contribution < -0.4 is 0 Å². The highest BCUT2D eigenvalue weighted by Crippen LogP contribution is 2.27. The van der Waals surface area contributed by atoms with Gasteiger partial charge in [0.05, 0.1) is 32.8 Å². The molecule has 0 aliphatic rings. The van der Waals surface area contributed by atoms with Gasteiger partial charge in [0, 0.05) is 169 Å². The van der Waals surface area contributed by atoms with Gasteiger partial charge in [0.25, 0.3) is 5.78 Å². The minimum atomic E-state index is -0.546. The van der Waals surface area contributed by atoms with E-state index in [0.717, 1.165) is 29.1 Å². The summed E-state index contributed by atoms with van der Waals surface area (Å²) in [6, 6.07) is 47.1. The molecule has 0 bridgehead atoms. The molecule has 0 saturated carbocycles. The number of hydrogen-bond donors (Lipinski definition) is 0. The average molecular weight is 1680 g/mol. The molecule has 642 valence electrons. The Hall–Kier alpha value is -11.8. The van der Waals surface area contributed by atoms with E-state index in [0.29, 0.717) is 58.5 Å². The van der Waals surface area contributed by atoms with Gasteiger partial charge in [0.1, 0.15) is 11.5 Å². The zero-order valence-corrected chi connectivity index (χ0v) is 76.1. The fourth-order valence-corrected chi connectivity index (χ4v) is 11.5. The van der Waals surface area contributed by atoms with E-state index in [2.05, 4.69) is 138 Å². The number of ketones is 8. The van der Waals surface area contributed by atoms with E-state index in [1.807, 2.05) is 191 Å². The monoisotopic (exact) mass is 1680 g/mol. The van der Waals surface area contributed by atoms with Crippen molar-refractivity contribution in [3.8, 4) is 0 Å². The SMILES string of the molecule is CC(C)C(=O)C(=O)c1ccco1.CC(C)C(=O)CCC(=O)c1cccnc1.CC(C)C(=O)c1ccccc1.CC(C)C(=O)c1cccnc1.CC(C)C(=O)c1ccco1.CC(C)C(=O)c1cn2cccnc2n1.CC(C)Cc1cccnc1.CC(C)c1ccccn1.CC(C)c1ccncc1.CC(C)c1nc2ccccc2s1.CC(C)c1nccs1. The van der Waals surface area contributed by atoms with Crippen LogP contribution in [0.5, 0.6) is 0 Å². The summed E-state index contributed by atoms with van der Waals surface area (Å²) in [5, 5.41) is 4.47. The number of furan rings is 2. The maximum Gasteiger partial charge on any atom is 0.263 e. The lowest BCUT2D eigenvalue weighted by Gasteiger charge is -2.03. The van der Waals surface area contributed by atoms with Crippen molar-refractivity contribution in [2.24, 2.45) is 41.4 Å². The van der Waals surface area contributed by atoms with E-state index in [1.165, 1.54) is 50.6 Å². The number of rotatable bonds is 22. The maximum atomic E-state index is 11.6. The third kappa shape index (κ3) is 41.2. The van der Waals surface area contributed by atoms with Gasteiger partial charge in [-0.25, -0.2) is 19.9 Å². The minimum Gasteiger partial charge on any atom is -0.461 e. The van der Waals surface area contributed by atoms with Crippen LogP contribution in [0.3, 0.4) is 0 Å². The maximum absolute atomic E-state index is 11.6. The first kappa shape index (κ1) is 103. The van der Waals surface area contributed by atoms with E-state index in [-0.39, 0.29) is 82.4 Å². The van der Waals surface area contributed by atoms with E-state index >= 15 is 0 Å². The highest BCUT2D eigenvalue weighted by Gasteiger charge is 2.22. The molecule has 2 aromatic carbocycles. The molecule has 22 heteroatoms. The summed E-state index contributed by atoms with van der Waals surface area (Å²) in [5.41, 5.74) is 7.55. The fourth-order valence-electron chi connectivity index (χ4n) is 9.83. The van der Waals surface area contributed by atoms with Gasteiger partial charge in [-0.05, 0) is 132 Å². The fraction of sp³-hybridized carbons (Fsp3) is 0.364. The molecule has 0 fully saturated rings. The molecular weight excluding hydrogens is 1550 g/mol. The van der Waals surface area contributed by atoms with Crippen molar-refractivity contribution in [3.63, 3.8) is 0 Å². The number of fused-ring (bicyclic) bond motifs is 2. The second-order valence-corrected chi connectivity index (χ2v) is 33.2. The third-order valence-corrected chi connectivity index (χ3v) is 19.3. The molecule has 11 heterocycles. The van der Waals surface area contributed by atoms with Crippen molar-refractivity contribution in [1.29, 1.82) is 0 Å². The lowest BCUT2D eigenvalue weighted by molar-refractivity contribution is -0.121. The Bertz CT molecular complexity index is 4850. The van der Waals surface area contributed by atoms with Crippen molar-refractivity contribution in [3.05, 3.63) is 311 Å². The molecule has 0 N–H and O–H groups in total. The van der Waals surface area contributed by atoms with Gasteiger partial charge >= 0.3 is 0 Å². The zero-order chi connectivity index (χ0) is 89.9. The first-order valence-electron chi connectivity index (χ1n) is 41.0. The first-order valence-corrected chi connectivity index (χ1v) is 42.7. The van der Waals surface area contributed by atoms with Gasteiger partial charge in [0.15, 0.2) is 40.4 Å². The van der Waals surface area contributed by atoms with Gasteiger partial charge in [-0.3, -0.25) is 67.7 Å². The normalized spacial score (nSPS) is 10.4. The number of carbonyl (C=O) groups excluding carboxylic acids is 8. The van der Waals surface area contributed by atoms with Crippen LogP contribution in [0.2, 0.25) is 0 Å². The molecular formula is C99H124N10O10S2. The van der Waals surface area contributed by atoms with Crippen LogP contribution in [0.15, 0.2) is 259 Å². The Kier molecular flexibility index (Phi) is 49.1. The quantitative estimate of drug-likeness (QED) is 0.0450. The summed E-state index contributed by atoms with van der Waals surface area (Å²) in [7, 11) is 0. The Morgan fingerprint density at radius 1 is 0.397 bits per heavy atom. The Morgan fingerprint density at radius 3 is 1.37 bits per heavy atom. The summed E-state index contributed by atoms with van der Waals surface area (Å²) < 4.78 is 12.7. The summed E-state index contributed by atoms with van der Waals surface area (Å²) >= 11 is 3.51. The van der Waals surface area contributed by atoms with Crippen LogP contribution in [-0.4, -0.2) is 95.5 Å². The number of nitrogens with zero attached hydrogens (tertiary/aromatic N) is 10. The lowest BCUT2D eigenvalue weighted by atomic mass is 10.0. The minimum absolute atomic E-state index is 0.00620. The van der Waals surface area contributed by atoms with Crippen LogP contribution in [0.4, 0.5) is 0 Å². The molecule has 0 spiro atoms. The van der Waals surface area contributed by atoms with E-state index < -0.39 is 11.6 Å². The second kappa shape index (κ2) is 57.4. The summed E-state index contributed by atoms with van der Waals surface area (Å²) in [4.78, 5) is 127. The molecule has 13 aromatic rings. The Morgan fingerprint density at radius 2 is 0.934 bits per heavy atom. The van der Waals surface area contributed by atoms with E-state index in [1.54, 1.807) is 120 Å². The molecule has 0 aliphatic carbocycles. The molecule has 13 rings (SSSR count). The van der Waals surface area contributed by atoms with Crippen LogP contribution in [0, 0.1) is 41.4 Å². The summed E-state index contributed by atoms with van der Waals surface area (Å²) in [5.74, 6) is 3.67. The Labute approximate surface area is 724 Å². The largest absolute Gasteiger partial charge is 0.461 e. The number of hydrogen-bond acceptors (Lipinski definition) is 21. The van der Waals surface area contributed by atoms with E-state index in [9.17, 15) is 38.4 Å².